The van der Waals surface area contributed by atoms with Gasteiger partial charge in [-0.15, -0.1) is 0 Å². The van der Waals surface area contributed by atoms with Gasteiger partial charge in [-0.05, 0) is 12.1 Å². The molecule has 0 saturated heterocycles. The molecule has 0 unspecified atom stereocenters. The van der Waals surface area contributed by atoms with Crippen LogP contribution in [0, 0.1) is 0 Å². The minimum atomic E-state index is -6.03. The minimum absolute atomic E-state index is 0.0269. The van der Waals surface area contributed by atoms with E-state index in [9.17, 15) is 26.7 Å². The van der Waals surface area contributed by atoms with Crippen LogP contribution in [0.15, 0.2) is 18.2 Å². The van der Waals surface area contributed by atoms with Crippen molar-refractivity contribution in [3.8, 4) is 5.75 Å². The van der Waals surface area contributed by atoms with Crippen LogP contribution in [-0.4, -0.2) is 18.1 Å². The Morgan fingerprint density at radius 2 is 1.61 bits per heavy atom. The molecule has 1 aromatic carbocycles. The molecular formula is C9H3Cl2F5O2. The minimum Gasteiger partial charge on any atom is -0.422 e. The number of rotatable bonds is 2. The third-order valence-corrected chi connectivity index (χ3v) is 2.45. The molecule has 9 heteroatoms. The summed E-state index contributed by atoms with van der Waals surface area (Å²) < 4.78 is 64.4. The van der Waals surface area contributed by atoms with Gasteiger partial charge < -0.3 is 4.74 Å². The van der Waals surface area contributed by atoms with Crippen LogP contribution in [0.2, 0.25) is 10.0 Å². The molecule has 1 aromatic rings. The maximum Gasteiger partial charge on any atom is 0.465 e. The lowest BCUT2D eigenvalue weighted by Crippen LogP contribution is -2.46. The summed E-state index contributed by atoms with van der Waals surface area (Å²) in [6.07, 6.45) is -6.03. The number of carbonyl (C=O) groups is 1. The highest BCUT2D eigenvalue weighted by Gasteiger charge is 2.65. The number of halogens is 7. The number of hydrogen-bond donors (Lipinski definition) is 0. The Bertz CT molecular complexity index is 473. The van der Waals surface area contributed by atoms with E-state index in [1.807, 2.05) is 0 Å². The third kappa shape index (κ3) is 3.02. The van der Waals surface area contributed by atoms with Crippen molar-refractivity contribution in [2.24, 2.45) is 0 Å². The number of carbonyl (C=O) groups excluding carboxylic acids is 1. The lowest BCUT2D eigenvalue weighted by molar-refractivity contribution is -0.276. The van der Waals surface area contributed by atoms with E-state index in [1.54, 1.807) is 0 Å². The second-order valence-corrected chi connectivity index (χ2v) is 3.85. The summed E-state index contributed by atoms with van der Waals surface area (Å²) in [6, 6.07) is 2.85. The number of benzene rings is 1. The van der Waals surface area contributed by atoms with Crippen molar-refractivity contribution in [1.82, 2.24) is 0 Å². The van der Waals surface area contributed by atoms with Gasteiger partial charge in [0.25, 0.3) is 0 Å². The fraction of sp³-hybridized carbons (Fsp3) is 0.222. The Morgan fingerprint density at radius 1 is 1.06 bits per heavy atom. The number of alkyl halides is 5. The van der Waals surface area contributed by atoms with Gasteiger partial charge in [0.05, 0.1) is 10.0 Å². The van der Waals surface area contributed by atoms with Gasteiger partial charge in [0.1, 0.15) is 5.75 Å². The molecule has 0 aliphatic rings. The van der Waals surface area contributed by atoms with Crippen molar-refractivity contribution in [3.63, 3.8) is 0 Å². The molecular weight excluding hydrogens is 306 g/mol. The monoisotopic (exact) mass is 308 g/mol. The van der Waals surface area contributed by atoms with Gasteiger partial charge in [0.15, 0.2) is 0 Å². The first-order valence-electron chi connectivity index (χ1n) is 4.17. The van der Waals surface area contributed by atoms with Gasteiger partial charge in [-0.2, -0.15) is 22.0 Å². The zero-order valence-corrected chi connectivity index (χ0v) is 9.71. The van der Waals surface area contributed by atoms with Crippen LogP contribution in [0.5, 0.6) is 5.75 Å². The van der Waals surface area contributed by atoms with E-state index in [4.69, 9.17) is 23.2 Å². The summed E-state index contributed by atoms with van der Waals surface area (Å²) in [5.74, 6) is -8.91. The molecule has 0 fully saturated rings. The highest BCUT2D eigenvalue weighted by Crippen LogP contribution is 2.37. The first-order chi connectivity index (χ1) is 8.05. The molecule has 2 nitrogen and oxygen atoms in total. The molecule has 0 N–H and O–H groups in total. The summed E-state index contributed by atoms with van der Waals surface area (Å²) in [5, 5.41) is -0.128. The second-order valence-electron chi connectivity index (χ2n) is 3.04. The Labute approximate surface area is 107 Å². The van der Waals surface area contributed by atoms with Gasteiger partial charge in [-0.1, -0.05) is 23.2 Å². The average Bonchev–Trinajstić information content (AvgIpc) is 2.21. The lowest BCUT2D eigenvalue weighted by atomic mass is 10.3. The molecule has 0 radical (unpaired) electrons. The molecule has 100 valence electrons. The maximum absolute atomic E-state index is 12.5. The van der Waals surface area contributed by atoms with Crippen molar-refractivity contribution in [3.05, 3.63) is 28.2 Å². The van der Waals surface area contributed by atoms with E-state index in [0.29, 0.717) is 0 Å². The molecule has 0 heterocycles. The van der Waals surface area contributed by atoms with Crippen LogP contribution in [-0.2, 0) is 4.79 Å². The summed E-state index contributed by atoms with van der Waals surface area (Å²) in [5.41, 5.74) is 0. The van der Waals surface area contributed by atoms with E-state index in [2.05, 4.69) is 4.74 Å². The standard InChI is InChI=1S/C9H3Cl2F5O2/c10-5-2-1-4(3-6(5)11)18-7(17)8(12,13)9(14,15)16/h1-3H. The van der Waals surface area contributed by atoms with Gasteiger partial charge in [0, 0.05) is 6.07 Å². The Hall–Kier alpha value is -1.08. The van der Waals surface area contributed by atoms with Crippen molar-refractivity contribution in [1.29, 1.82) is 0 Å². The molecule has 0 spiro atoms. The van der Waals surface area contributed by atoms with Crippen LogP contribution in [0.4, 0.5) is 22.0 Å². The van der Waals surface area contributed by atoms with Crippen molar-refractivity contribution >= 4 is 29.2 Å². The smallest absolute Gasteiger partial charge is 0.422 e. The molecule has 0 aliphatic heterocycles. The second kappa shape index (κ2) is 4.89. The molecule has 0 amide bonds. The normalized spacial score (nSPS) is 12.4. The zero-order chi connectivity index (χ0) is 14.1. The van der Waals surface area contributed by atoms with Crippen LogP contribution in [0.25, 0.3) is 0 Å². The molecule has 18 heavy (non-hydrogen) atoms. The lowest BCUT2D eigenvalue weighted by Gasteiger charge is -2.17. The topological polar surface area (TPSA) is 26.3 Å². The van der Waals surface area contributed by atoms with E-state index in [1.165, 1.54) is 0 Å². The third-order valence-electron chi connectivity index (χ3n) is 1.71. The Kier molecular flexibility index (Phi) is 4.07. The SMILES string of the molecule is O=C(Oc1ccc(Cl)c(Cl)c1)C(F)(F)C(F)(F)F. The summed E-state index contributed by atoms with van der Waals surface area (Å²) in [4.78, 5) is 10.7. The zero-order valence-electron chi connectivity index (χ0n) is 8.19. The quantitative estimate of drug-likeness (QED) is 0.467. The number of ether oxygens (including phenoxy) is 1. The Morgan fingerprint density at radius 3 is 2.06 bits per heavy atom. The molecule has 0 aromatic heterocycles. The van der Waals surface area contributed by atoms with Crippen molar-refractivity contribution in [2.75, 3.05) is 0 Å². The predicted octanol–water partition coefficient (Wildman–Crippen LogP) is 4.10. The van der Waals surface area contributed by atoms with Crippen LogP contribution in [0.3, 0.4) is 0 Å². The molecule has 1 rings (SSSR count). The van der Waals surface area contributed by atoms with Crippen LogP contribution < -0.4 is 4.74 Å². The maximum atomic E-state index is 12.5. The van der Waals surface area contributed by atoms with E-state index in [-0.39, 0.29) is 10.0 Å². The molecule has 0 aliphatic carbocycles. The summed E-state index contributed by atoms with van der Waals surface area (Å²) in [7, 11) is 0. The van der Waals surface area contributed by atoms with E-state index < -0.39 is 23.8 Å². The van der Waals surface area contributed by atoms with E-state index >= 15 is 0 Å². The highest BCUT2D eigenvalue weighted by atomic mass is 35.5. The number of hydrogen-bond acceptors (Lipinski definition) is 2. The number of esters is 1. The first kappa shape index (κ1) is 15.0. The molecule has 0 atom stereocenters. The van der Waals surface area contributed by atoms with Gasteiger partial charge in [0.2, 0.25) is 0 Å². The molecule has 0 bridgehead atoms. The fourth-order valence-electron chi connectivity index (χ4n) is 0.827. The van der Waals surface area contributed by atoms with Crippen molar-refractivity contribution in [2.45, 2.75) is 12.1 Å². The molecule has 0 saturated carbocycles. The summed E-state index contributed by atoms with van der Waals surface area (Å²) >= 11 is 10.9. The highest BCUT2D eigenvalue weighted by molar-refractivity contribution is 6.42. The Balaban J connectivity index is 2.91. The van der Waals surface area contributed by atoms with Gasteiger partial charge >= 0.3 is 18.1 Å². The predicted molar refractivity (Wildman–Crippen MR) is 53.1 cm³/mol. The van der Waals surface area contributed by atoms with Crippen LogP contribution in [0.1, 0.15) is 0 Å². The van der Waals surface area contributed by atoms with Gasteiger partial charge in [-0.3, -0.25) is 0 Å². The fourth-order valence-corrected chi connectivity index (χ4v) is 1.12. The van der Waals surface area contributed by atoms with Crippen LogP contribution >= 0.6 is 23.2 Å². The van der Waals surface area contributed by atoms with E-state index in [0.717, 1.165) is 18.2 Å². The summed E-state index contributed by atoms with van der Waals surface area (Å²) in [6.45, 7) is 0. The average molecular weight is 309 g/mol. The largest absolute Gasteiger partial charge is 0.465 e. The first-order valence-corrected chi connectivity index (χ1v) is 4.93. The van der Waals surface area contributed by atoms with Gasteiger partial charge in [-0.25, -0.2) is 4.79 Å². The van der Waals surface area contributed by atoms with Crippen molar-refractivity contribution < 1.29 is 31.5 Å².